The maximum absolute atomic E-state index is 5.54. The van der Waals surface area contributed by atoms with Gasteiger partial charge in [-0.25, -0.2) is 5.16 Å². The van der Waals surface area contributed by atoms with Gasteiger partial charge in [0.25, 0.3) is 0 Å². The van der Waals surface area contributed by atoms with Crippen molar-refractivity contribution in [2.45, 2.75) is 0 Å². The highest BCUT2D eigenvalue weighted by Crippen LogP contribution is 2.37. The van der Waals surface area contributed by atoms with Crippen LogP contribution in [0, 0.1) is 0 Å². The first-order valence-electron chi connectivity index (χ1n) is 6.71. The molecule has 0 aliphatic rings. The van der Waals surface area contributed by atoms with Crippen molar-refractivity contribution in [3.8, 4) is 0 Å². The number of aromatic nitrogens is 1. The normalized spacial score (nSPS) is 12.0. The molecule has 0 saturated carbocycles. The Morgan fingerprint density at radius 3 is 2.40 bits per heavy atom. The second-order valence-electron chi connectivity index (χ2n) is 5.20. The lowest BCUT2D eigenvalue weighted by Gasteiger charge is -2.12. The van der Waals surface area contributed by atoms with Gasteiger partial charge in [-0.2, -0.15) is 0 Å². The van der Waals surface area contributed by atoms with Crippen molar-refractivity contribution in [2.75, 3.05) is 0 Å². The van der Waals surface area contributed by atoms with Gasteiger partial charge in [0.05, 0.1) is 0 Å². The van der Waals surface area contributed by atoms with Gasteiger partial charge in [0.1, 0.15) is 0 Å². The van der Waals surface area contributed by atoms with E-state index >= 15 is 0 Å². The first kappa shape index (κ1) is 10.1. The quantitative estimate of drug-likeness (QED) is 0.299. The average Bonchev–Trinajstić information content (AvgIpc) is 2.52. The van der Waals surface area contributed by atoms with Crippen LogP contribution in [0.3, 0.4) is 0 Å². The van der Waals surface area contributed by atoms with E-state index in [0.29, 0.717) is 0 Å². The van der Waals surface area contributed by atoms with Crippen LogP contribution in [-0.2, 0) is 0 Å². The second-order valence-corrected chi connectivity index (χ2v) is 5.20. The smallest absolute Gasteiger partial charge is 0.163 e. The minimum absolute atomic E-state index is 0.887. The summed E-state index contributed by atoms with van der Waals surface area (Å²) in [5, 5.41) is 11.7. The molecule has 1 heterocycles. The Hall–Kier alpha value is -2.74. The maximum Gasteiger partial charge on any atom is 0.163 e. The first-order chi connectivity index (χ1) is 9.92. The van der Waals surface area contributed by atoms with E-state index in [9.17, 15) is 0 Å². The van der Waals surface area contributed by atoms with Gasteiger partial charge in [-0.05, 0) is 44.5 Å². The fourth-order valence-corrected chi connectivity index (χ4v) is 3.28. The zero-order valence-electron chi connectivity index (χ0n) is 10.7. The van der Waals surface area contributed by atoms with Crippen molar-refractivity contribution in [3.63, 3.8) is 0 Å². The van der Waals surface area contributed by atoms with Crippen molar-refractivity contribution in [3.05, 3.63) is 60.8 Å². The number of rotatable bonds is 0. The highest BCUT2D eigenvalue weighted by Gasteiger charge is 2.11. The zero-order valence-corrected chi connectivity index (χ0v) is 10.7. The van der Waals surface area contributed by atoms with Crippen molar-refractivity contribution in [1.82, 2.24) is 5.16 Å². The van der Waals surface area contributed by atoms with E-state index < -0.39 is 0 Å². The molecule has 1 N–H and O–H groups in total. The summed E-state index contributed by atoms with van der Waals surface area (Å²) in [5.41, 5.74) is 0.887. The molecule has 0 saturated heterocycles. The molecular formula is C18H11NO. The van der Waals surface area contributed by atoms with E-state index in [2.05, 4.69) is 59.8 Å². The molecule has 20 heavy (non-hydrogen) atoms. The van der Waals surface area contributed by atoms with Crippen LogP contribution in [0.25, 0.3) is 43.3 Å². The number of aromatic amines is 1. The lowest BCUT2D eigenvalue weighted by molar-refractivity contribution is 0.442. The van der Waals surface area contributed by atoms with Crippen LogP contribution in [0.2, 0.25) is 0 Å². The highest BCUT2D eigenvalue weighted by molar-refractivity contribution is 6.28. The van der Waals surface area contributed by atoms with E-state index in [4.69, 9.17) is 4.52 Å². The fourth-order valence-electron chi connectivity index (χ4n) is 3.28. The molecular weight excluding hydrogens is 246 g/mol. The molecule has 2 heteroatoms. The molecule has 0 atom stereocenters. The van der Waals surface area contributed by atoms with Gasteiger partial charge >= 0.3 is 0 Å². The number of benzene rings is 4. The fraction of sp³-hybridized carbons (Fsp3) is 0. The Kier molecular flexibility index (Phi) is 1.73. The largest absolute Gasteiger partial charge is 0.382 e. The third-order valence-electron chi connectivity index (χ3n) is 4.14. The van der Waals surface area contributed by atoms with Gasteiger partial charge in [-0.15, -0.1) is 0 Å². The topological polar surface area (TPSA) is 28.9 Å². The van der Waals surface area contributed by atoms with E-state index in [1.54, 1.807) is 0 Å². The molecule has 0 aliphatic carbocycles. The third-order valence-corrected chi connectivity index (χ3v) is 4.14. The highest BCUT2D eigenvalue weighted by atomic mass is 16.5. The molecule has 0 radical (unpaired) electrons. The molecule has 5 aromatic rings. The Morgan fingerprint density at radius 1 is 0.700 bits per heavy atom. The summed E-state index contributed by atoms with van der Waals surface area (Å²) in [7, 11) is 0. The third kappa shape index (κ3) is 1.14. The molecule has 0 aliphatic heterocycles. The SMILES string of the molecule is c1cc2ccc3cc4o[nH]ccc4c4ccc(c1)c2c34. The Morgan fingerprint density at radius 2 is 1.50 bits per heavy atom. The molecule has 0 spiro atoms. The van der Waals surface area contributed by atoms with E-state index in [1.165, 1.54) is 32.3 Å². The summed E-state index contributed by atoms with van der Waals surface area (Å²) < 4.78 is 5.54. The Bertz CT molecular complexity index is 1080. The van der Waals surface area contributed by atoms with Crippen molar-refractivity contribution in [1.29, 1.82) is 0 Å². The predicted octanol–water partition coefficient (Wildman–Crippen LogP) is 5.22. The maximum atomic E-state index is 5.54. The summed E-state index contributed by atoms with van der Waals surface area (Å²) in [5.74, 6) is 0. The molecule has 0 amide bonds. The van der Waals surface area contributed by atoms with E-state index in [-0.39, 0.29) is 0 Å². The molecule has 1 aromatic heterocycles. The van der Waals surface area contributed by atoms with Crippen molar-refractivity contribution in [2.24, 2.45) is 0 Å². The van der Waals surface area contributed by atoms with Gasteiger partial charge in [-0.3, -0.25) is 0 Å². The average molecular weight is 257 g/mol. The number of H-pyrrole nitrogens is 1. The molecule has 0 fully saturated rings. The summed E-state index contributed by atoms with van der Waals surface area (Å²) in [6.45, 7) is 0. The molecule has 0 unspecified atom stereocenters. The Balaban J connectivity index is 2.23. The zero-order chi connectivity index (χ0) is 13.1. The van der Waals surface area contributed by atoms with Gasteiger partial charge < -0.3 is 4.52 Å². The standard InChI is InChI=1S/C18H11NO/c1-2-11-4-5-13-10-16-14(8-9-19-20-16)15-7-6-12(3-1)17(11)18(13)15/h1-10,19H. The van der Waals surface area contributed by atoms with Crippen LogP contribution < -0.4 is 0 Å². The number of hydrogen-bond acceptors (Lipinski definition) is 1. The molecule has 0 bridgehead atoms. The lowest BCUT2D eigenvalue weighted by atomic mass is 9.93. The lowest BCUT2D eigenvalue weighted by Crippen LogP contribution is -1.85. The van der Waals surface area contributed by atoms with Crippen LogP contribution in [-0.4, -0.2) is 5.16 Å². The second kappa shape index (κ2) is 3.42. The van der Waals surface area contributed by atoms with Crippen molar-refractivity contribution >= 4 is 43.3 Å². The summed E-state index contributed by atoms with van der Waals surface area (Å²) in [6.07, 6.45) is 1.83. The van der Waals surface area contributed by atoms with Crippen LogP contribution in [0.15, 0.2) is 65.3 Å². The molecule has 5 rings (SSSR count). The summed E-state index contributed by atoms with van der Waals surface area (Å²) >= 11 is 0. The molecule has 94 valence electrons. The monoisotopic (exact) mass is 257 g/mol. The van der Waals surface area contributed by atoms with Gasteiger partial charge in [-0.1, -0.05) is 42.5 Å². The van der Waals surface area contributed by atoms with Crippen LogP contribution in [0.1, 0.15) is 0 Å². The number of hydrogen-bond donors (Lipinski definition) is 1. The van der Waals surface area contributed by atoms with Crippen LogP contribution in [0.5, 0.6) is 0 Å². The minimum atomic E-state index is 0.887. The summed E-state index contributed by atoms with van der Waals surface area (Å²) in [4.78, 5) is 0. The predicted molar refractivity (Wildman–Crippen MR) is 83.1 cm³/mol. The van der Waals surface area contributed by atoms with Crippen LogP contribution in [0.4, 0.5) is 0 Å². The number of fused-ring (bicyclic) bond motifs is 2. The molecule has 2 nitrogen and oxygen atoms in total. The van der Waals surface area contributed by atoms with Crippen molar-refractivity contribution < 1.29 is 4.52 Å². The Labute approximate surface area is 114 Å². The summed E-state index contributed by atoms with van der Waals surface area (Å²) in [6, 6.07) is 19.4. The molecule has 4 aromatic carbocycles. The van der Waals surface area contributed by atoms with Crippen LogP contribution >= 0.6 is 0 Å². The minimum Gasteiger partial charge on any atom is -0.382 e. The first-order valence-corrected chi connectivity index (χ1v) is 6.71. The van der Waals surface area contributed by atoms with Gasteiger partial charge in [0.15, 0.2) is 5.58 Å². The van der Waals surface area contributed by atoms with Gasteiger partial charge in [0.2, 0.25) is 0 Å². The van der Waals surface area contributed by atoms with E-state index in [1.807, 2.05) is 6.20 Å². The number of nitrogens with one attached hydrogen (secondary N) is 1. The van der Waals surface area contributed by atoms with Gasteiger partial charge in [0, 0.05) is 11.6 Å². The van der Waals surface area contributed by atoms with E-state index in [0.717, 1.165) is 11.0 Å².